The summed E-state index contributed by atoms with van der Waals surface area (Å²) in [6, 6.07) is 14.8. The van der Waals surface area contributed by atoms with Crippen LogP contribution in [0.25, 0.3) is 0 Å². The van der Waals surface area contributed by atoms with Crippen molar-refractivity contribution in [1.29, 1.82) is 0 Å². The Morgan fingerprint density at radius 1 is 1.03 bits per heavy atom. The van der Waals surface area contributed by atoms with Crippen LogP contribution in [0.1, 0.15) is 34.6 Å². The van der Waals surface area contributed by atoms with Crippen molar-refractivity contribution in [2.24, 2.45) is 5.92 Å². The Hall–Kier alpha value is -4.02. The van der Waals surface area contributed by atoms with Gasteiger partial charge in [-0.25, -0.2) is 0 Å². The van der Waals surface area contributed by atoms with Crippen molar-refractivity contribution < 1.29 is 27.5 Å². The fraction of sp³-hybridized carbons (Fsp3) is 0.370. The summed E-state index contributed by atoms with van der Waals surface area (Å²) in [7, 11) is 0. The van der Waals surface area contributed by atoms with Gasteiger partial charge in [0.1, 0.15) is 5.75 Å². The van der Waals surface area contributed by atoms with Crippen LogP contribution in [0.5, 0.6) is 5.75 Å². The zero-order valence-electron chi connectivity index (χ0n) is 20.9. The van der Waals surface area contributed by atoms with Gasteiger partial charge in [0.15, 0.2) is 5.69 Å². The van der Waals surface area contributed by atoms with Crippen molar-refractivity contribution in [3.05, 3.63) is 71.5 Å². The minimum atomic E-state index is -4.82. The fourth-order valence-electron chi connectivity index (χ4n) is 4.55. The van der Waals surface area contributed by atoms with Crippen LogP contribution in [0.15, 0.2) is 54.6 Å². The van der Waals surface area contributed by atoms with Crippen LogP contribution in [0.4, 0.5) is 24.5 Å². The molecule has 3 aromatic rings. The number of nitrogens with one attached hydrogen (secondary N) is 1. The Bertz CT molecular complexity index is 1330. The number of benzene rings is 2. The minimum absolute atomic E-state index is 0.150. The van der Waals surface area contributed by atoms with E-state index in [2.05, 4.69) is 26.1 Å². The molecule has 5 rings (SSSR count). The summed E-state index contributed by atoms with van der Waals surface area (Å²) in [4.78, 5) is 29.3. The number of anilines is 2. The van der Waals surface area contributed by atoms with Crippen LogP contribution in [0.3, 0.4) is 0 Å². The van der Waals surface area contributed by atoms with Gasteiger partial charge >= 0.3 is 6.36 Å². The highest BCUT2D eigenvalue weighted by Gasteiger charge is 2.34. The number of hydrogen-bond donors (Lipinski definition) is 1. The van der Waals surface area contributed by atoms with E-state index in [1.807, 2.05) is 30.0 Å². The molecule has 2 amide bonds. The first-order valence-electron chi connectivity index (χ1n) is 12.5. The summed E-state index contributed by atoms with van der Waals surface area (Å²) in [5.74, 6) is -0.436. The molecular weight excluding hydrogens is 499 g/mol. The topological polar surface area (TPSA) is 79.7 Å². The van der Waals surface area contributed by atoms with Gasteiger partial charge in [-0.05, 0) is 55.7 Å². The van der Waals surface area contributed by atoms with E-state index >= 15 is 0 Å². The highest BCUT2D eigenvalue weighted by molar-refractivity contribution is 6.03. The van der Waals surface area contributed by atoms with Gasteiger partial charge in [0.2, 0.25) is 5.91 Å². The standard InChI is InChI=1S/C27H28F3N5O3/c1-18-14-24(25(36)31-21-5-3-7-23(16-21)38-27(28,29)30)32-35(18)17-19-4-2-6-22(15-19)33-10-12-34(13-11-33)26(37)20-8-9-20/h2-7,14-16,20H,8-13,17H2,1H3,(H,31,36). The van der Waals surface area contributed by atoms with E-state index in [0.29, 0.717) is 6.54 Å². The summed E-state index contributed by atoms with van der Waals surface area (Å²) in [5, 5.41) is 6.98. The summed E-state index contributed by atoms with van der Waals surface area (Å²) in [5.41, 5.74) is 3.16. The van der Waals surface area contributed by atoms with Crippen molar-refractivity contribution in [1.82, 2.24) is 14.7 Å². The van der Waals surface area contributed by atoms with Crippen molar-refractivity contribution >= 4 is 23.2 Å². The zero-order chi connectivity index (χ0) is 26.9. The van der Waals surface area contributed by atoms with Gasteiger partial charge in [0, 0.05) is 55.2 Å². The molecule has 0 radical (unpaired) electrons. The molecule has 1 saturated carbocycles. The summed E-state index contributed by atoms with van der Waals surface area (Å²) in [6.45, 7) is 5.29. The fourth-order valence-corrected chi connectivity index (χ4v) is 4.55. The molecule has 11 heteroatoms. The van der Waals surface area contributed by atoms with Crippen LogP contribution in [0, 0.1) is 12.8 Å². The minimum Gasteiger partial charge on any atom is -0.406 e. The number of piperazine rings is 1. The Balaban J connectivity index is 1.21. The Kier molecular flexibility index (Phi) is 7.00. The largest absolute Gasteiger partial charge is 0.573 e. The first-order valence-corrected chi connectivity index (χ1v) is 12.5. The van der Waals surface area contributed by atoms with E-state index in [9.17, 15) is 22.8 Å². The van der Waals surface area contributed by atoms with Crippen LogP contribution in [0.2, 0.25) is 0 Å². The molecule has 0 spiro atoms. The number of aryl methyl sites for hydroxylation is 1. The van der Waals surface area contributed by atoms with Gasteiger partial charge in [0.05, 0.1) is 6.54 Å². The predicted octanol–water partition coefficient (Wildman–Crippen LogP) is 4.45. The van der Waals surface area contributed by atoms with E-state index in [0.717, 1.165) is 68.1 Å². The van der Waals surface area contributed by atoms with E-state index < -0.39 is 18.0 Å². The lowest BCUT2D eigenvalue weighted by molar-refractivity contribution is -0.274. The van der Waals surface area contributed by atoms with Gasteiger partial charge in [-0.15, -0.1) is 13.2 Å². The molecule has 0 bridgehead atoms. The van der Waals surface area contributed by atoms with Crippen LogP contribution < -0.4 is 15.0 Å². The second-order valence-corrected chi connectivity index (χ2v) is 9.61. The molecule has 2 aromatic carbocycles. The highest BCUT2D eigenvalue weighted by Crippen LogP contribution is 2.31. The number of halogens is 3. The number of carbonyl (C=O) groups is 2. The second-order valence-electron chi connectivity index (χ2n) is 9.61. The lowest BCUT2D eigenvalue weighted by Gasteiger charge is -2.36. The van der Waals surface area contributed by atoms with E-state index in [1.165, 1.54) is 12.1 Å². The highest BCUT2D eigenvalue weighted by atomic mass is 19.4. The Labute approximate surface area is 218 Å². The van der Waals surface area contributed by atoms with Crippen molar-refractivity contribution in [3.63, 3.8) is 0 Å². The monoisotopic (exact) mass is 527 g/mol. The molecule has 1 saturated heterocycles. The Morgan fingerprint density at radius 2 is 1.76 bits per heavy atom. The van der Waals surface area contributed by atoms with E-state index in [-0.39, 0.29) is 23.2 Å². The third-order valence-electron chi connectivity index (χ3n) is 6.67. The van der Waals surface area contributed by atoms with Crippen molar-refractivity contribution in [2.45, 2.75) is 32.7 Å². The van der Waals surface area contributed by atoms with Crippen LogP contribution >= 0.6 is 0 Å². The van der Waals surface area contributed by atoms with Gasteiger partial charge in [-0.1, -0.05) is 18.2 Å². The van der Waals surface area contributed by atoms with E-state index in [4.69, 9.17) is 0 Å². The van der Waals surface area contributed by atoms with Gasteiger partial charge in [0.25, 0.3) is 5.91 Å². The third kappa shape index (κ3) is 6.27. The number of amides is 2. The lowest BCUT2D eigenvalue weighted by Crippen LogP contribution is -2.49. The number of ether oxygens (including phenoxy) is 1. The molecule has 38 heavy (non-hydrogen) atoms. The third-order valence-corrected chi connectivity index (χ3v) is 6.67. The molecule has 1 aromatic heterocycles. The average Bonchev–Trinajstić information content (AvgIpc) is 3.66. The first kappa shape index (κ1) is 25.6. The predicted molar refractivity (Wildman–Crippen MR) is 135 cm³/mol. The average molecular weight is 528 g/mol. The van der Waals surface area contributed by atoms with Crippen molar-refractivity contribution in [3.8, 4) is 5.75 Å². The molecule has 200 valence electrons. The Morgan fingerprint density at radius 3 is 2.47 bits per heavy atom. The number of hydrogen-bond acceptors (Lipinski definition) is 5. The molecule has 1 aliphatic carbocycles. The summed E-state index contributed by atoms with van der Waals surface area (Å²) in [6.07, 6.45) is -2.79. The molecule has 0 atom stereocenters. The number of nitrogens with zero attached hydrogens (tertiary/aromatic N) is 4. The molecule has 2 heterocycles. The van der Waals surface area contributed by atoms with Crippen molar-refractivity contribution in [2.75, 3.05) is 36.4 Å². The van der Waals surface area contributed by atoms with Crippen LogP contribution in [-0.4, -0.2) is 59.0 Å². The molecule has 1 N–H and O–H groups in total. The number of rotatable bonds is 7. The molecule has 8 nitrogen and oxygen atoms in total. The lowest BCUT2D eigenvalue weighted by atomic mass is 10.1. The van der Waals surface area contributed by atoms with Gasteiger partial charge in [-0.3, -0.25) is 14.3 Å². The number of aromatic nitrogens is 2. The number of carbonyl (C=O) groups excluding carboxylic acids is 2. The molecule has 0 unspecified atom stereocenters. The molecule has 1 aliphatic heterocycles. The maximum atomic E-state index is 12.7. The maximum Gasteiger partial charge on any atom is 0.573 e. The smallest absolute Gasteiger partial charge is 0.406 e. The summed E-state index contributed by atoms with van der Waals surface area (Å²) >= 11 is 0. The molecular formula is C27H28F3N5O3. The maximum absolute atomic E-state index is 12.7. The van der Waals surface area contributed by atoms with E-state index in [1.54, 1.807) is 10.7 Å². The normalized spacial score (nSPS) is 15.9. The molecule has 2 fully saturated rings. The van der Waals surface area contributed by atoms with Crippen LogP contribution in [-0.2, 0) is 11.3 Å². The first-order chi connectivity index (χ1) is 18.1. The quantitative estimate of drug-likeness (QED) is 0.491. The second kappa shape index (κ2) is 10.4. The SMILES string of the molecule is Cc1cc(C(=O)Nc2cccc(OC(F)(F)F)c2)nn1Cc1cccc(N2CCN(C(=O)C3CC3)CC2)c1. The zero-order valence-corrected chi connectivity index (χ0v) is 20.9. The molecule has 2 aliphatic rings. The van der Waals surface area contributed by atoms with Gasteiger partial charge in [-0.2, -0.15) is 5.10 Å². The van der Waals surface area contributed by atoms with Gasteiger partial charge < -0.3 is 19.9 Å². The summed E-state index contributed by atoms with van der Waals surface area (Å²) < 4.78 is 43.1. The number of alkyl halides is 3.